The number of thioether (sulfide) groups is 1. The van der Waals surface area contributed by atoms with Crippen molar-refractivity contribution >= 4 is 23.6 Å². The Morgan fingerprint density at radius 3 is 2.68 bits per heavy atom. The molecule has 3 atom stereocenters. The quantitative estimate of drug-likeness (QED) is 0.773. The fraction of sp³-hybridized carbons (Fsp3) is 0.476. The van der Waals surface area contributed by atoms with Crippen molar-refractivity contribution in [3.63, 3.8) is 0 Å². The monoisotopic (exact) mass is 399 g/mol. The van der Waals surface area contributed by atoms with E-state index in [1.807, 2.05) is 34.9 Å². The second-order valence-electron chi connectivity index (χ2n) is 7.51. The number of fused-ring (bicyclic) bond motifs is 1. The molecule has 0 bridgehead atoms. The molecule has 6 nitrogen and oxygen atoms in total. The van der Waals surface area contributed by atoms with Gasteiger partial charge >= 0.3 is 0 Å². The lowest BCUT2D eigenvalue weighted by atomic mass is 9.89. The SMILES string of the molecule is CCSCC(=O)N1C[C@H]2CN(C(=O)c3cc(C)no3)[C@H](c3ccccc3)[C@H]2C1. The van der Waals surface area contributed by atoms with Gasteiger partial charge in [0.25, 0.3) is 5.91 Å². The summed E-state index contributed by atoms with van der Waals surface area (Å²) in [4.78, 5) is 29.6. The molecule has 2 aliphatic heterocycles. The van der Waals surface area contributed by atoms with Gasteiger partial charge in [0.05, 0.1) is 17.5 Å². The number of carbonyl (C=O) groups excluding carboxylic acids is 2. The van der Waals surface area contributed by atoms with Crippen molar-refractivity contribution in [2.24, 2.45) is 11.8 Å². The zero-order valence-corrected chi connectivity index (χ0v) is 17.0. The van der Waals surface area contributed by atoms with Crippen LogP contribution in [-0.2, 0) is 4.79 Å². The minimum atomic E-state index is -0.122. The molecule has 0 unspecified atom stereocenters. The molecule has 0 radical (unpaired) electrons. The Morgan fingerprint density at radius 1 is 1.21 bits per heavy atom. The first-order valence-electron chi connectivity index (χ1n) is 9.73. The Kier molecular flexibility index (Phi) is 5.44. The normalized spacial score (nSPS) is 23.9. The summed E-state index contributed by atoms with van der Waals surface area (Å²) in [5.74, 6) is 2.37. The number of nitrogens with zero attached hydrogens (tertiary/aromatic N) is 3. The molecule has 2 aliphatic rings. The van der Waals surface area contributed by atoms with Crippen LogP contribution in [0.1, 0.15) is 34.8 Å². The van der Waals surface area contributed by atoms with Crippen LogP contribution in [0.5, 0.6) is 0 Å². The number of hydrogen-bond acceptors (Lipinski definition) is 5. The lowest BCUT2D eigenvalue weighted by Crippen LogP contribution is -2.38. The average molecular weight is 400 g/mol. The summed E-state index contributed by atoms with van der Waals surface area (Å²) >= 11 is 1.66. The highest BCUT2D eigenvalue weighted by Crippen LogP contribution is 2.45. The first kappa shape index (κ1) is 19.1. The largest absolute Gasteiger partial charge is 0.351 e. The Morgan fingerprint density at radius 2 is 2.00 bits per heavy atom. The second-order valence-corrected chi connectivity index (χ2v) is 8.78. The second kappa shape index (κ2) is 7.99. The van der Waals surface area contributed by atoms with Crippen LogP contribution in [0.3, 0.4) is 0 Å². The zero-order valence-electron chi connectivity index (χ0n) is 16.2. The van der Waals surface area contributed by atoms with Crippen molar-refractivity contribution < 1.29 is 14.1 Å². The third-order valence-corrected chi connectivity index (χ3v) is 6.55. The van der Waals surface area contributed by atoms with E-state index in [9.17, 15) is 9.59 Å². The van der Waals surface area contributed by atoms with Crippen LogP contribution in [0.15, 0.2) is 40.9 Å². The van der Waals surface area contributed by atoms with Crippen LogP contribution in [0.4, 0.5) is 0 Å². The van der Waals surface area contributed by atoms with Crippen LogP contribution < -0.4 is 0 Å². The third-order valence-electron chi connectivity index (χ3n) is 5.69. The van der Waals surface area contributed by atoms with Gasteiger partial charge in [-0.2, -0.15) is 11.8 Å². The third kappa shape index (κ3) is 3.55. The highest BCUT2D eigenvalue weighted by molar-refractivity contribution is 7.99. The summed E-state index contributed by atoms with van der Waals surface area (Å²) in [7, 11) is 0. The van der Waals surface area contributed by atoms with Crippen LogP contribution in [0.25, 0.3) is 0 Å². The molecule has 148 valence electrons. The van der Waals surface area contributed by atoms with Crippen LogP contribution in [0.2, 0.25) is 0 Å². The molecule has 2 saturated heterocycles. The number of carbonyl (C=O) groups is 2. The minimum Gasteiger partial charge on any atom is -0.351 e. The molecule has 3 heterocycles. The van der Waals surface area contributed by atoms with Gasteiger partial charge in [0, 0.05) is 37.5 Å². The van der Waals surface area contributed by atoms with Crippen molar-refractivity contribution in [1.29, 1.82) is 0 Å². The van der Waals surface area contributed by atoms with Crippen molar-refractivity contribution in [3.05, 3.63) is 53.4 Å². The van der Waals surface area contributed by atoms with Gasteiger partial charge in [-0.05, 0) is 18.2 Å². The van der Waals surface area contributed by atoms with Crippen LogP contribution in [-0.4, -0.2) is 57.9 Å². The number of likely N-dealkylation sites (tertiary alicyclic amines) is 2. The van der Waals surface area contributed by atoms with Gasteiger partial charge in [-0.3, -0.25) is 9.59 Å². The Balaban J connectivity index is 1.58. The van der Waals surface area contributed by atoms with E-state index in [1.165, 1.54) is 0 Å². The van der Waals surface area contributed by atoms with Crippen molar-refractivity contribution in [2.45, 2.75) is 19.9 Å². The van der Waals surface area contributed by atoms with Crippen LogP contribution >= 0.6 is 11.8 Å². The van der Waals surface area contributed by atoms with E-state index in [2.05, 4.69) is 24.2 Å². The number of aryl methyl sites for hydroxylation is 1. The first-order chi connectivity index (χ1) is 13.6. The summed E-state index contributed by atoms with van der Waals surface area (Å²) in [6, 6.07) is 11.7. The van der Waals surface area contributed by atoms with Gasteiger partial charge in [0.15, 0.2) is 0 Å². The van der Waals surface area contributed by atoms with E-state index < -0.39 is 0 Å². The van der Waals surface area contributed by atoms with E-state index in [4.69, 9.17) is 4.52 Å². The predicted octanol–water partition coefficient (Wildman–Crippen LogP) is 3.01. The van der Waals surface area contributed by atoms with Crippen LogP contribution in [0, 0.1) is 18.8 Å². The van der Waals surface area contributed by atoms with Gasteiger partial charge in [-0.25, -0.2) is 0 Å². The lowest BCUT2D eigenvalue weighted by molar-refractivity contribution is -0.127. The zero-order chi connectivity index (χ0) is 19.7. The van der Waals surface area contributed by atoms with Crippen molar-refractivity contribution in [3.8, 4) is 0 Å². The number of aromatic nitrogens is 1. The highest BCUT2D eigenvalue weighted by atomic mass is 32.2. The molecule has 0 N–H and O–H groups in total. The fourth-order valence-electron chi connectivity index (χ4n) is 4.42. The molecule has 2 amide bonds. The molecule has 0 spiro atoms. The smallest absolute Gasteiger partial charge is 0.293 e. The maximum Gasteiger partial charge on any atom is 0.293 e. The molecule has 1 aromatic carbocycles. The molecule has 2 aromatic rings. The maximum atomic E-state index is 13.1. The highest BCUT2D eigenvalue weighted by Gasteiger charge is 2.50. The number of hydrogen-bond donors (Lipinski definition) is 0. The van der Waals surface area contributed by atoms with E-state index in [0.29, 0.717) is 24.5 Å². The summed E-state index contributed by atoms with van der Waals surface area (Å²) in [5.41, 5.74) is 1.81. The molecule has 0 aliphatic carbocycles. The number of benzene rings is 1. The summed E-state index contributed by atoms with van der Waals surface area (Å²) in [6.45, 7) is 5.93. The van der Waals surface area contributed by atoms with Gasteiger partial charge in [-0.15, -0.1) is 0 Å². The maximum absolute atomic E-state index is 13.1. The first-order valence-corrected chi connectivity index (χ1v) is 10.9. The topological polar surface area (TPSA) is 66.7 Å². The molecule has 28 heavy (non-hydrogen) atoms. The summed E-state index contributed by atoms with van der Waals surface area (Å²) in [5, 5.41) is 3.87. The molecular weight excluding hydrogens is 374 g/mol. The summed E-state index contributed by atoms with van der Waals surface area (Å²) < 4.78 is 5.24. The molecule has 1 aromatic heterocycles. The fourth-order valence-corrected chi connectivity index (χ4v) is 4.98. The Bertz CT molecular complexity index is 854. The standard InChI is InChI=1S/C21H25N3O3S/c1-3-28-13-19(25)23-10-16-11-24(21(26)18-9-14(2)22-27-18)20(17(16)12-23)15-7-5-4-6-8-15/h4-9,16-17,20H,3,10-13H2,1-2H3/t16-,17-,20+/m0/s1. The van der Waals surface area contributed by atoms with E-state index in [-0.39, 0.29) is 35.5 Å². The molecular formula is C21H25N3O3S. The number of amides is 2. The van der Waals surface area contributed by atoms with Crippen molar-refractivity contribution in [1.82, 2.24) is 15.0 Å². The molecule has 7 heteroatoms. The number of rotatable bonds is 5. The average Bonchev–Trinajstić information content (AvgIpc) is 3.40. The predicted molar refractivity (Wildman–Crippen MR) is 108 cm³/mol. The summed E-state index contributed by atoms with van der Waals surface area (Å²) in [6.07, 6.45) is 0. The van der Waals surface area contributed by atoms with Gasteiger partial charge in [0.1, 0.15) is 0 Å². The van der Waals surface area contributed by atoms with Gasteiger partial charge in [0.2, 0.25) is 11.7 Å². The molecule has 2 fully saturated rings. The Hall–Kier alpha value is -2.28. The van der Waals surface area contributed by atoms with E-state index >= 15 is 0 Å². The van der Waals surface area contributed by atoms with E-state index in [0.717, 1.165) is 17.9 Å². The lowest BCUT2D eigenvalue weighted by Gasteiger charge is -2.29. The molecule has 4 rings (SSSR count). The van der Waals surface area contributed by atoms with Gasteiger partial charge in [-0.1, -0.05) is 42.4 Å². The minimum absolute atomic E-state index is 0.0549. The van der Waals surface area contributed by atoms with E-state index in [1.54, 1.807) is 17.8 Å². The Labute approximate surface area is 169 Å². The molecule has 0 saturated carbocycles. The van der Waals surface area contributed by atoms with Gasteiger partial charge < -0.3 is 14.3 Å². The van der Waals surface area contributed by atoms with Crippen molar-refractivity contribution in [2.75, 3.05) is 31.1 Å².